The number of rotatable bonds is 3. The van der Waals surface area contributed by atoms with Crippen LogP contribution in [0.1, 0.15) is 0 Å². The average Bonchev–Trinajstić information content (AvgIpc) is 2.09. The van der Waals surface area contributed by atoms with Crippen molar-refractivity contribution in [2.75, 3.05) is 18.0 Å². The van der Waals surface area contributed by atoms with E-state index in [1.807, 2.05) is 18.2 Å². The van der Waals surface area contributed by atoms with Gasteiger partial charge in [-0.05, 0) is 12.1 Å². The van der Waals surface area contributed by atoms with Crippen LogP contribution in [0.3, 0.4) is 0 Å². The van der Waals surface area contributed by atoms with Crippen molar-refractivity contribution in [1.82, 2.24) is 0 Å². The van der Waals surface area contributed by atoms with Crippen molar-refractivity contribution in [3.8, 4) is 0 Å². The van der Waals surface area contributed by atoms with Crippen molar-refractivity contribution < 1.29 is 40.8 Å². The second kappa shape index (κ2) is 8.95. The summed E-state index contributed by atoms with van der Waals surface area (Å²) in [7, 11) is 0. The minimum Gasteiger partial charge on any atom is -0.432 e. The van der Waals surface area contributed by atoms with Crippen LogP contribution in [0.25, 0.3) is 0 Å². The molecule has 1 aromatic rings. The Balaban J connectivity index is 0. The summed E-state index contributed by atoms with van der Waals surface area (Å²) in [6, 6.07) is 10.2. The first-order valence-corrected chi connectivity index (χ1v) is 3.77. The van der Waals surface area contributed by atoms with Crippen LogP contribution >= 0.6 is 0 Å². The Morgan fingerprint density at radius 3 is 1.85 bits per heavy atom. The summed E-state index contributed by atoms with van der Waals surface area (Å²) in [5.74, 6) is 0. The Kier molecular flexibility index (Phi) is 10.9. The van der Waals surface area contributed by atoms with E-state index in [-0.39, 0.29) is 48.3 Å². The van der Waals surface area contributed by atoms with Gasteiger partial charge in [0.2, 0.25) is 0 Å². The number of nitrogens with zero attached hydrogens (tertiary/aromatic N) is 1. The third-order valence-electron chi connectivity index (χ3n) is 1.66. The monoisotopic (exact) mass is 304 g/mol. The summed E-state index contributed by atoms with van der Waals surface area (Å²) in [6.45, 7) is 9.18. The average molecular weight is 306 g/mol. The number of hydrogen-bond acceptors (Lipinski definition) is 1. The third-order valence-corrected chi connectivity index (χ3v) is 1.66. The Hall–Kier alpha value is 0.371. The molecule has 0 unspecified atom stereocenters. The van der Waals surface area contributed by atoms with E-state index in [1.54, 1.807) is 0 Å². The van der Waals surface area contributed by atoms with Crippen LogP contribution in [0.2, 0.25) is 0 Å². The summed E-state index contributed by atoms with van der Waals surface area (Å²) >= 11 is 0. The topological polar surface area (TPSA) is 3.24 Å². The molecule has 0 bridgehead atoms. The third kappa shape index (κ3) is 4.96. The van der Waals surface area contributed by atoms with Crippen molar-refractivity contribution in [2.24, 2.45) is 0 Å². The Labute approximate surface area is 115 Å². The maximum absolute atomic E-state index is 3.82. The van der Waals surface area contributed by atoms with E-state index in [4.69, 9.17) is 0 Å². The molecule has 0 heterocycles. The zero-order valence-corrected chi connectivity index (χ0v) is 11.4. The number of anilines is 1. The van der Waals surface area contributed by atoms with Gasteiger partial charge < -0.3 is 26.2 Å². The van der Waals surface area contributed by atoms with E-state index in [0.717, 1.165) is 13.1 Å². The molecule has 0 fully saturated rings. The van der Waals surface area contributed by atoms with Crippen molar-refractivity contribution in [3.63, 3.8) is 0 Å². The fourth-order valence-corrected chi connectivity index (χ4v) is 1.01. The van der Waals surface area contributed by atoms with Crippen LogP contribution in [0.5, 0.6) is 0 Å². The molecule has 1 rings (SSSR count). The van der Waals surface area contributed by atoms with Crippen molar-refractivity contribution in [3.05, 3.63) is 51.6 Å². The van der Waals surface area contributed by atoms with E-state index < -0.39 is 0 Å². The predicted molar refractivity (Wildman–Crippen MR) is 55.8 cm³/mol. The second-order valence-corrected chi connectivity index (χ2v) is 2.32. The van der Waals surface area contributed by atoms with Crippen LogP contribution in [0.15, 0.2) is 30.3 Å². The fraction of sp³-hybridized carbons (Fsp3) is 0.182. The molecule has 1 nitrogen and oxygen atoms in total. The maximum atomic E-state index is 3.82. The van der Waals surface area contributed by atoms with Gasteiger partial charge in [0.1, 0.15) is 0 Å². The largest absolute Gasteiger partial charge is 3.00 e. The number of hydrogen-bond donors (Lipinski definition) is 0. The molecular weight excluding hydrogens is 290 g/mol. The smallest absolute Gasteiger partial charge is 0.432 e. The Morgan fingerprint density at radius 1 is 1.00 bits per heavy atom. The normalized spacial score (nSPS) is 8.15. The van der Waals surface area contributed by atoms with Crippen LogP contribution in [-0.4, -0.2) is 13.1 Å². The number of benzene rings is 1. The predicted octanol–water partition coefficient (Wildman–Crippen LogP) is 2.61. The van der Waals surface area contributed by atoms with E-state index in [9.17, 15) is 0 Å². The summed E-state index contributed by atoms with van der Waals surface area (Å²) < 4.78 is 0. The van der Waals surface area contributed by atoms with Gasteiger partial charge in [-0.2, -0.15) is 0 Å². The van der Waals surface area contributed by atoms with Gasteiger partial charge in [-0.25, -0.2) is 0 Å². The minimum atomic E-state index is 0. The molecule has 69 valence electrons. The molecule has 0 amide bonds. The van der Waals surface area contributed by atoms with Gasteiger partial charge in [0.15, 0.2) is 0 Å². The molecule has 13 heavy (non-hydrogen) atoms. The molecule has 0 aliphatic heterocycles. The van der Waals surface area contributed by atoms with E-state index in [2.05, 4.69) is 30.9 Å². The van der Waals surface area contributed by atoms with Gasteiger partial charge in [0.05, 0.1) is 0 Å². The first kappa shape index (κ1) is 15.8. The van der Waals surface area contributed by atoms with Crippen molar-refractivity contribution in [2.45, 2.75) is 0 Å². The van der Waals surface area contributed by atoms with Crippen LogP contribution in [0, 0.1) is 62.1 Å². The van der Waals surface area contributed by atoms with Gasteiger partial charge in [-0.1, -0.05) is 18.2 Å². The molecule has 0 saturated heterocycles. The van der Waals surface area contributed by atoms with E-state index >= 15 is 0 Å². The van der Waals surface area contributed by atoms with Gasteiger partial charge in [-0.15, -0.1) is 13.1 Å². The van der Waals surface area contributed by atoms with Crippen LogP contribution in [-0.2, 0) is 0 Å². The summed E-state index contributed by atoms with van der Waals surface area (Å²) in [5, 5.41) is 0. The fourth-order valence-electron chi connectivity index (χ4n) is 1.01. The Morgan fingerprint density at radius 2 is 1.46 bits per heavy atom. The molecular formula is C11H16NNd. The van der Waals surface area contributed by atoms with Crippen molar-refractivity contribution in [1.29, 1.82) is 0 Å². The number of para-hydroxylation sites is 1. The zero-order valence-electron chi connectivity index (χ0n) is 8.16. The van der Waals surface area contributed by atoms with Gasteiger partial charge in [0, 0.05) is 5.69 Å². The molecule has 0 spiro atoms. The van der Waals surface area contributed by atoms with Crippen LogP contribution < -0.4 is 4.90 Å². The summed E-state index contributed by atoms with van der Waals surface area (Å²) in [4.78, 5) is 2.11. The molecule has 0 atom stereocenters. The molecule has 1 aromatic carbocycles. The maximum Gasteiger partial charge on any atom is 3.00 e. The van der Waals surface area contributed by atoms with Crippen LogP contribution in [0.4, 0.5) is 5.69 Å². The molecule has 0 aromatic heterocycles. The van der Waals surface area contributed by atoms with E-state index in [0.29, 0.717) is 0 Å². The molecule has 1 radical (unpaired) electrons. The van der Waals surface area contributed by atoms with Crippen molar-refractivity contribution >= 4 is 5.69 Å². The van der Waals surface area contributed by atoms with Gasteiger partial charge in [-0.3, -0.25) is 0 Å². The molecule has 0 aliphatic rings. The first-order chi connectivity index (χ1) is 5.38. The SMILES string of the molecule is [CH2-]CN(C[CH2-])c1ccccc1.[CH3-].[Nd+3]. The standard InChI is InChI=1S/C10H13N.CH3.Nd/c1-3-11(4-2)10-8-6-5-7-9-10;;/h5-9H,1-4H2;1H3;/q-2;-1;+3. The molecule has 0 N–H and O–H groups in total. The molecule has 0 aliphatic carbocycles. The van der Waals surface area contributed by atoms with Gasteiger partial charge >= 0.3 is 40.8 Å². The minimum absolute atomic E-state index is 0. The molecule has 2 heteroatoms. The van der Waals surface area contributed by atoms with Gasteiger partial charge in [0.25, 0.3) is 0 Å². The Bertz CT molecular complexity index is 195. The summed E-state index contributed by atoms with van der Waals surface area (Å²) in [6.07, 6.45) is 0. The second-order valence-electron chi connectivity index (χ2n) is 2.32. The first-order valence-electron chi connectivity index (χ1n) is 3.77. The summed E-state index contributed by atoms with van der Waals surface area (Å²) in [5.41, 5.74) is 1.19. The zero-order chi connectivity index (χ0) is 8.10. The van der Waals surface area contributed by atoms with E-state index in [1.165, 1.54) is 5.69 Å². The molecule has 0 saturated carbocycles. The quantitative estimate of drug-likeness (QED) is 0.776.